The number of nitrogens with one attached hydrogen (secondary N) is 2. The van der Waals surface area contributed by atoms with E-state index in [0.29, 0.717) is 10.7 Å². The fourth-order valence-electron chi connectivity index (χ4n) is 2.14. The first-order valence-corrected chi connectivity index (χ1v) is 7.71. The van der Waals surface area contributed by atoms with Gasteiger partial charge in [0.25, 0.3) is 5.91 Å². The molecule has 2 N–H and O–H groups in total. The number of aromatic nitrogens is 1. The Labute approximate surface area is 150 Å². The standard InChI is InChI=1S/C14H14ClN3OS.2ClH/c15-10-3-1-9(2-4-10)14-18-12(8-20-14)13(19)17-11-5-6-16-7-11;;/h1-4,8,11,16H,5-7H2,(H,17,19);2*1H. The number of hydrogen-bond acceptors (Lipinski definition) is 4. The summed E-state index contributed by atoms with van der Waals surface area (Å²) in [4.78, 5) is 16.5. The van der Waals surface area contributed by atoms with Crippen LogP contribution in [0.2, 0.25) is 5.02 Å². The molecular weight excluding hydrogens is 365 g/mol. The van der Waals surface area contributed by atoms with E-state index in [1.165, 1.54) is 11.3 Å². The summed E-state index contributed by atoms with van der Waals surface area (Å²) in [6.07, 6.45) is 0.972. The molecule has 4 nitrogen and oxygen atoms in total. The minimum atomic E-state index is -0.102. The second kappa shape index (κ2) is 8.70. The summed E-state index contributed by atoms with van der Waals surface area (Å²) in [5.74, 6) is -0.102. The van der Waals surface area contributed by atoms with Gasteiger partial charge in [0.2, 0.25) is 0 Å². The van der Waals surface area contributed by atoms with Gasteiger partial charge in [-0.15, -0.1) is 36.2 Å². The molecule has 0 aliphatic carbocycles. The van der Waals surface area contributed by atoms with Crippen LogP contribution in [0.5, 0.6) is 0 Å². The van der Waals surface area contributed by atoms with Gasteiger partial charge in [-0.3, -0.25) is 4.79 Å². The minimum Gasteiger partial charge on any atom is -0.347 e. The summed E-state index contributed by atoms with van der Waals surface area (Å²) in [6.45, 7) is 1.79. The molecule has 0 radical (unpaired) electrons. The molecule has 1 unspecified atom stereocenters. The zero-order valence-electron chi connectivity index (χ0n) is 11.5. The van der Waals surface area contributed by atoms with E-state index in [-0.39, 0.29) is 36.8 Å². The van der Waals surface area contributed by atoms with Crippen molar-refractivity contribution < 1.29 is 4.79 Å². The molecule has 1 fully saturated rings. The number of thiazole rings is 1. The average molecular weight is 381 g/mol. The quantitative estimate of drug-likeness (QED) is 0.858. The molecule has 3 rings (SSSR count). The number of nitrogens with zero attached hydrogens (tertiary/aromatic N) is 1. The predicted octanol–water partition coefficient (Wildman–Crippen LogP) is 3.40. The fourth-order valence-corrected chi connectivity index (χ4v) is 3.07. The number of benzene rings is 1. The molecule has 0 spiro atoms. The van der Waals surface area contributed by atoms with Crippen LogP contribution in [0.25, 0.3) is 10.6 Å². The topological polar surface area (TPSA) is 54.0 Å². The van der Waals surface area contributed by atoms with E-state index in [0.717, 1.165) is 30.1 Å². The van der Waals surface area contributed by atoms with Crippen LogP contribution in [0.3, 0.4) is 0 Å². The summed E-state index contributed by atoms with van der Waals surface area (Å²) < 4.78 is 0. The van der Waals surface area contributed by atoms with Crippen LogP contribution in [0, 0.1) is 0 Å². The van der Waals surface area contributed by atoms with Gasteiger partial charge in [-0.25, -0.2) is 4.98 Å². The summed E-state index contributed by atoms with van der Waals surface area (Å²) in [5.41, 5.74) is 1.45. The molecule has 8 heteroatoms. The second-order valence-electron chi connectivity index (χ2n) is 4.71. The number of rotatable bonds is 3. The summed E-state index contributed by atoms with van der Waals surface area (Å²) in [7, 11) is 0. The summed E-state index contributed by atoms with van der Waals surface area (Å²) >= 11 is 7.33. The summed E-state index contributed by atoms with van der Waals surface area (Å²) in [5, 5.41) is 9.53. The van der Waals surface area contributed by atoms with Crippen LogP contribution in [-0.2, 0) is 0 Å². The first-order chi connectivity index (χ1) is 9.72. The van der Waals surface area contributed by atoms with Crippen LogP contribution in [0.1, 0.15) is 16.9 Å². The van der Waals surface area contributed by atoms with Crippen molar-refractivity contribution >= 4 is 53.7 Å². The highest BCUT2D eigenvalue weighted by atomic mass is 35.5. The fraction of sp³-hybridized carbons (Fsp3) is 0.286. The number of hydrogen-bond donors (Lipinski definition) is 2. The van der Waals surface area contributed by atoms with Crippen LogP contribution in [0.4, 0.5) is 0 Å². The highest BCUT2D eigenvalue weighted by Gasteiger charge is 2.19. The summed E-state index contributed by atoms with van der Waals surface area (Å²) in [6, 6.07) is 7.67. The van der Waals surface area contributed by atoms with Gasteiger partial charge in [-0.05, 0) is 25.1 Å². The molecule has 1 atom stereocenters. The number of carbonyl (C=O) groups is 1. The molecular formula is C14H16Cl3N3OS. The molecule has 2 heterocycles. The first kappa shape index (κ1) is 19.2. The third-order valence-electron chi connectivity index (χ3n) is 3.22. The van der Waals surface area contributed by atoms with Crippen molar-refractivity contribution in [2.75, 3.05) is 13.1 Å². The van der Waals surface area contributed by atoms with Gasteiger partial charge in [-0.1, -0.05) is 23.7 Å². The zero-order chi connectivity index (χ0) is 13.9. The molecule has 0 saturated carbocycles. The van der Waals surface area contributed by atoms with Gasteiger partial charge in [0.05, 0.1) is 0 Å². The van der Waals surface area contributed by atoms with Crippen LogP contribution in [0.15, 0.2) is 29.6 Å². The maximum Gasteiger partial charge on any atom is 0.271 e. The third kappa shape index (κ3) is 4.57. The Morgan fingerprint density at radius 1 is 1.32 bits per heavy atom. The zero-order valence-corrected chi connectivity index (χ0v) is 14.7. The number of amides is 1. The van der Waals surface area contributed by atoms with Crippen molar-refractivity contribution in [3.63, 3.8) is 0 Å². The van der Waals surface area contributed by atoms with Gasteiger partial charge in [0, 0.05) is 28.6 Å². The highest BCUT2D eigenvalue weighted by molar-refractivity contribution is 7.13. The third-order valence-corrected chi connectivity index (χ3v) is 4.37. The van der Waals surface area contributed by atoms with E-state index < -0.39 is 0 Å². The molecule has 1 aliphatic heterocycles. The Bertz CT molecular complexity index is 612. The average Bonchev–Trinajstić information content (AvgIpc) is 3.10. The van der Waals surface area contributed by atoms with E-state index in [1.807, 2.05) is 24.3 Å². The number of carbonyl (C=O) groups excluding carboxylic acids is 1. The number of halogens is 3. The lowest BCUT2D eigenvalue weighted by Gasteiger charge is -2.09. The molecule has 0 bridgehead atoms. The van der Waals surface area contributed by atoms with Crippen molar-refractivity contribution in [3.05, 3.63) is 40.4 Å². The lowest BCUT2D eigenvalue weighted by Crippen LogP contribution is -2.36. The lowest BCUT2D eigenvalue weighted by molar-refractivity contribution is 0.0936. The SMILES string of the molecule is Cl.Cl.O=C(NC1CCNC1)c1csc(-c2ccc(Cl)cc2)n1. The Morgan fingerprint density at radius 3 is 2.68 bits per heavy atom. The van der Waals surface area contributed by atoms with Gasteiger partial charge < -0.3 is 10.6 Å². The van der Waals surface area contributed by atoms with E-state index in [4.69, 9.17) is 11.6 Å². The Morgan fingerprint density at radius 2 is 2.05 bits per heavy atom. The monoisotopic (exact) mass is 379 g/mol. The molecule has 1 aromatic carbocycles. The maximum absolute atomic E-state index is 12.1. The molecule has 22 heavy (non-hydrogen) atoms. The van der Waals surface area contributed by atoms with Crippen molar-refractivity contribution in [1.29, 1.82) is 0 Å². The smallest absolute Gasteiger partial charge is 0.271 e. The van der Waals surface area contributed by atoms with Gasteiger partial charge in [0.1, 0.15) is 10.7 Å². The first-order valence-electron chi connectivity index (χ1n) is 6.45. The maximum atomic E-state index is 12.1. The second-order valence-corrected chi connectivity index (χ2v) is 6.00. The minimum absolute atomic E-state index is 0. The van der Waals surface area contributed by atoms with Crippen molar-refractivity contribution in [3.8, 4) is 10.6 Å². The molecule has 1 aromatic heterocycles. The van der Waals surface area contributed by atoms with Crippen LogP contribution < -0.4 is 10.6 Å². The largest absolute Gasteiger partial charge is 0.347 e. The van der Waals surface area contributed by atoms with Crippen molar-refractivity contribution in [1.82, 2.24) is 15.6 Å². The molecule has 1 aliphatic rings. The van der Waals surface area contributed by atoms with E-state index in [1.54, 1.807) is 5.38 Å². The highest BCUT2D eigenvalue weighted by Crippen LogP contribution is 2.25. The molecule has 120 valence electrons. The van der Waals surface area contributed by atoms with Crippen molar-refractivity contribution in [2.45, 2.75) is 12.5 Å². The molecule has 1 saturated heterocycles. The Balaban J connectivity index is 0.00000121. The molecule has 2 aromatic rings. The van der Waals surface area contributed by atoms with Gasteiger partial charge >= 0.3 is 0 Å². The van der Waals surface area contributed by atoms with Gasteiger partial charge in [-0.2, -0.15) is 0 Å². The predicted molar refractivity (Wildman–Crippen MR) is 95.8 cm³/mol. The normalized spacial score (nSPS) is 16.5. The van der Waals surface area contributed by atoms with Gasteiger partial charge in [0.15, 0.2) is 0 Å². The molecule has 1 amide bonds. The van der Waals surface area contributed by atoms with E-state index in [9.17, 15) is 4.79 Å². The lowest BCUT2D eigenvalue weighted by atomic mass is 10.2. The Hall–Kier alpha value is -0.850. The van der Waals surface area contributed by atoms with Crippen LogP contribution in [-0.4, -0.2) is 30.0 Å². The van der Waals surface area contributed by atoms with Crippen molar-refractivity contribution in [2.24, 2.45) is 0 Å². The Kier molecular flexibility index (Phi) is 7.59. The van der Waals surface area contributed by atoms with E-state index >= 15 is 0 Å². The van der Waals surface area contributed by atoms with E-state index in [2.05, 4.69) is 15.6 Å². The van der Waals surface area contributed by atoms with Crippen LogP contribution >= 0.6 is 47.8 Å².